The van der Waals surface area contributed by atoms with Crippen molar-refractivity contribution in [2.45, 2.75) is 70.3 Å². The van der Waals surface area contributed by atoms with Gasteiger partial charge >= 0.3 is 18.4 Å². The zero-order valence-electron chi connectivity index (χ0n) is 20.5. The summed E-state index contributed by atoms with van der Waals surface area (Å²) in [6.07, 6.45) is -3.46. The molecule has 36 heavy (non-hydrogen) atoms. The Balaban J connectivity index is 2.10. The lowest BCUT2D eigenvalue weighted by molar-refractivity contribution is -0.137. The minimum absolute atomic E-state index is 0.218. The average Bonchev–Trinajstić information content (AvgIpc) is 2.76. The van der Waals surface area contributed by atoms with E-state index < -0.39 is 59.5 Å². The van der Waals surface area contributed by atoms with Gasteiger partial charge in [-0.15, -0.1) is 0 Å². The van der Waals surface area contributed by atoms with Crippen molar-refractivity contribution in [1.29, 1.82) is 0 Å². The summed E-state index contributed by atoms with van der Waals surface area (Å²) in [5.41, 5.74) is -2.70. The summed E-state index contributed by atoms with van der Waals surface area (Å²) in [6, 6.07) is 1.47. The highest BCUT2D eigenvalue weighted by atomic mass is 19.4. The monoisotopic (exact) mass is 516 g/mol. The second-order valence-electron chi connectivity index (χ2n) is 9.27. The van der Waals surface area contributed by atoms with Gasteiger partial charge in [0.05, 0.1) is 36.5 Å². The van der Waals surface area contributed by atoms with Crippen molar-refractivity contribution in [1.82, 2.24) is 16.0 Å². The molecule has 1 aliphatic carbocycles. The Morgan fingerprint density at radius 2 is 1.58 bits per heavy atom. The van der Waals surface area contributed by atoms with Crippen LogP contribution in [0.4, 0.5) is 28.4 Å². The lowest BCUT2D eigenvalue weighted by Gasteiger charge is -2.32. The van der Waals surface area contributed by atoms with Gasteiger partial charge in [0.25, 0.3) is 5.91 Å². The van der Waals surface area contributed by atoms with E-state index in [1.807, 2.05) is 0 Å². The topological polar surface area (TPSA) is 135 Å². The Hall–Kier alpha value is -3.51. The largest absolute Gasteiger partial charge is 0.453 e. The Morgan fingerprint density at radius 1 is 0.972 bits per heavy atom. The number of nitrogens with one attached hydrogen (secondary N) is 4. The van der Waals surface area contributed by atoms with Crippen LogP contribution in [0.25, 0.3) is 0 Å². The molecule has 4 amide bonds. The van der Waals surface area contributed by atoms with Gasteiger partial charge in [-0.2, -0.15) is 13.2 Å². The van der Waals surface area contributed by atoms with E-state index in [4.69, 9.17) is 4.74 Å². The number of ether oxygens (including phenoxy) is 2. The highest BCUT2D eigenvalue weighted by Gasteiger charge is 2.33. The average molecular weight is 517 g/mol. The maximum atomic E-state index is 13.2. The lowest BCUT2D eigenvalue weighted by Crippen LogP contribution is -2.54. The van der Waals surface area contributed by atoms with Gasteiger partial charge in [0.1, 0.15) is 5.60 Å². The van der Waals surface area contributed by atoms with Crippen molar-refractivity contribution in [2.75, 3.05) is 19.0 Å². The molecule has 200 valence electrons. The third-order valence-corrected chi connectivity index (χ3v) is 5.24. The number of benzene rings is 1. The van der Waals surface area contributed by atoms with Crippen LogP contribution in [0.1, 0.15) is 62.4 Å². The highest BCUT2D eigenvalue weighted by molar-refractivity contribution is 6.04. The first-order valence-electron chi connectivity index (χ1n) is 11.3. The quantitative estimate of drug-likeness (QED) is 0.457. The van der Waals surface area contributed by atoms with E-state index in [-0.39, 0.29) is 11.7 Å². The van der Waals surface area contributed by atoms with Gasteiger partial charge in [0.2, 0.25) is 5.91 Å². The van der Waals surface area contributed by atoms with Crippen molar-refractivity contribution in [3.8, 4) is 0 Å². The highest BCUT2D eigenvalue weighted by Crippen LogP contribution is 2.32. The maximum absolute atomic E-state index is 13.2. The first-order valence-corrected chi connectivity index (χ1v) is 11.3. The number of amides is 4. The molecule has 1 aromatic carbocycles. The van der Waals surface area contributed by atoms with E-state index in [9.17, 15) is 32.3 Å². The van der Waals surface area contributed by atoms with Crippen molar-refractivity contribution < 1.29 is 41.8 Å². The second kappa shape index (κ2) is 12.0. The van der Waals surface area contributed by atoms with Gasteiger partial charge in [-0.1, -0.05) is 12.8 Å². The summed E-state index contributed by atoms with van der Waals surface area (Å²) in [4.78, 5) is 48.8. The number of hydrogen-bond donors (Lipinski definition) is 4. The molecular formula is C23H31F3N4O6. The zero-order valence-corrected chi connectivity index (χ0v) is 20.5. The molecule has 0 bridgehead atoms. The Bertz CT molecular complexity index is 978. The second-order valence-corrected chi connectivity index (χ2v) is 9.27. The van der Waals surface area contributed by atoms with Gasteiger partial charge in [0, 0.05) is 6.04 Å². The van der Waals surface area contributed by atoms with Crippen LogP contribution in [-0.4, -0.2) is 55.3 Å². The molecule has 1 saturated carbocycles. The molecule has 13 heteroatoms. The van der Waals surface area contributed by atoms with Crippen LogP contribution in [0.2, 0.25) is 0 Å². The minimum Gasteiger partial charge on any atom is -0.453 e. The van der Waals surface area contributed by atoms with Gasteiger partial charge in [-0.25, -0.2) is 9.59 Å². The molecule has 0 radical (unpaired) electrons. The predicted molar refractivity (Wildman–Crippen MR) is 123 cm³/mol. The summed E-state index contributed by atoms with van der Waals surface area (Å²) in [5.74, 6) is -1.60. The van der Waals surface area contributed by atoms with E-state index in [0.717, 1.165) is 18.9 Å². The van der Waals surface area contributed by atoms with E-state index in [1.165, 1.54) is 7.11 Å². The standard InChI is InChI=1S/C23H31F3N4O6/c1-22(2,3)36-21(34)29-15-10-9-13(23(24,25)26)11-14(15)19(32)27-12-18(31)28-16-7-5-6-8-17(16)30-20(33)35-4/h9-11,16-17H,5-8,12H2,1-4H3,(H,27,32)(H,28,31)(H,29,34)(H,30,33)/t16-,17+/m0/s1. The van der Waals surface area contributed by atoms with Crippen LogP contribution in [0.3, 0.4) is 0 Å². The molecular weight excluding hydrogens is 485 g/mol. The lowest BCUT2D eigenvalue weighted by atomic mass is 9.90. The fourth-order valence-corrected chi connectivity index (χ4v) is 3.63. The van der Waals surface area contributed by atoms with Gasteiger partial charge in [0.15, 0.2) is 0 Å². The van der Waals surface area contributed by atoms with Crippen LogP contribution in [0.15, 0.2) is 18.2 Å². The Kier molecular flexibility index (Phi) is 9.54. The van der Waals surface area contributed by atoms with Crippen molar-refractivity contribution in [2.24, 2.45) is 0 Å². The molecule has 0 heterocycles. The van der Waals surface area contributed by atoms with E-state index >= 15 is 0 Å². The molecule has 0 spiro atoms. The molecule has 0 aromatic heterocycles. The molecule has 0 unspecified atom stereocenters. The molecule has 2 atom stereocenters. The van der Waals surface area contributed by atoms with Gasteiger partial charge < -0.3 is 25.4 Å². The Morgan fingerprint density at radius 3 is 2.14 bits per heavy atom. The van der Waals surface area contributed by atoms with E-state index in [1.54, 1.807) is 20.8 Å². The SMILES string of the molecule is COC(=O)N[C@@H]1CCCC[C@@H]1NC(=O)CNC(=O)c1cc(C(F)(F)F)ccc1NC(=O)OC(C)(C)C. The summed E-state index contributed by atoms with van der Waals surface area (Å²) in [7, 11) is 1.22. The van der Waals surface area contributed by atoms with Gasteiger partial charge in [-0.05, 0) is 51.8 Å². The third kappa shape index (κ3) is 8.93. The number of carbonyl (C=O) groups is 4. The van der Waals surface area contributed by atoms with Crippen LogP contribution in [0, 0.1) is 0 Å². The van der Waals surface area contributed by atoms with Crippen molar-refractivity contribution >= 4 is 29.7 Å². The summed E-state index contributed by atoms with van der Waals surface area (Å²) in [5, 5.41) is 9.92. The predicted octanol–water partition coefficient (Wildman–Crippen LogP) is 3.57. The number of anilines is 1. The van der Waals surface area contributed by atoms with Crippen LogP contribution < -0.4 is 21.3 Å². The van der Waals surface area contributed by atoms with Crippen LogP contribution in [-0.2, 0) is 20.4 Å². The normalized spacial score (nSPS) is 18.0. The molecule has 1 fully saturated rings. The van der Waals surface area contributed by atoms with Gasteiger partial charge in [-0.3, -0.25) is 14.9 Å². The zero-order chi connectivity index (χ0) is 27.1. The molecule has 4 N–H and O–H groups in total. The third-order valence-electron chi connectivity index (χ3n) is 5.24. The minimum atomic E-state index is -4.74. The molecule has 0 saturated heterocycles. The summed E-state index contributed by atoms with van der Waals surface area (Å²) < 4.78 is 49.4. The number of rotatable bonds is 6. The number of halogens is 3. The van der Waals surface area contributed by atoms with Crippen LogP contribution >= 0.6 is 0 Å². The molecule has 1 aliphatic rings. The first-order chi connectivity index (χ1) is 16.7. The molecule has 0 aliphatic heterocycles. The number of alkyl halides is 3. The Labute approximate surface area is 206 Å². The maximum Gasteiger partial charge on any atom is 0.416 e. The van der Waals surface area contributed by atoms with E-state index in [2.05, 4.69) is 26.0 Å². The fraction of sp³-hybridized carbons (Fsp3) is 0.565. The number of methoxy groups -OCH3 is 1. The molecule has 10 nitrogen and oxygen atoms in total. The summed E-state index contributed by atoms with van der Waals surface area (Å²) in [6.45, 7) is 4.26. The van der Waals surface area contributed by atoms with Crippen molar-refractivity contribution in [3.63, 3.8) is 0 Å². The smallest absolute Gasteiger partial charge is 0.416 e. The molecule has 1 aromatic rings. The van der Waals surface area contributed by atoms with Crippen LogP contribution in [0.5, 0.6) is 0 Å². The number of carbonyl (C=O) groups excluding carboxylic acids is 4. The summed E-state index contributed by atoms with van der Waals surface area (Å²) >= 11 is 0. The van der Waals surface area contributed by atoms with E-state index in [0.29, 0.717) is 25.0 Å². The molecule has 2 rings (SSSR count). The number of hydrogen-bond acceptors (Lipinski definition) is 6. The fourth-order valence-electron chi connectivity index (χ4n) is 3.63. The first kappa shape index (κ1) is 28.7. The number of alkyl carbamates (subject to hydrolysis) is 1. The van der Waals surface area contributed by atoms with Crippen molar-refractivity contribution in [3.05, 3.63) is 29.3 Å².